The lowest BCUT2D eigenvalue weighted by molar-refractivity contribution is -0.125. The molecule has 1 nitrogen and oxygen atoms in total. The van der Waals surface area contributed by atoms with Gasteiger partial charge in [0.05, 0.1) is 4.34 Å². The summed E-state index contributed by atoms with van der Waals surface area (Å²) in [4.78, 5) is 13.2. The van der Waals surface area contributed by atoms with Crippen molar-refractivity contribution in [1.82, 2.24) is 0 Å². The van der Waals surface area contributed by atoms with Gasteiger partial charge in [-0.05, 0) is 43.2 Å². The van der Waals surface area contributed by atoms with Crippen molar-refractivity contribution in [3.05, 3.63) is 21.3 Å². The first-order chi connectivity index (χ1) is 8.06. The minimum absolute atomic E-state index is 0.228. The predicted octanol–water partition coefficient (Wildman–Crippen LogP) is 4.59. The molecule has 2 atom stereocenters. The van der Waals surface area contributed by atoms with Crippen LogP contribution in [0, 0.1) is 17.8 Å². The van der Waals surface area contributed by atoms with Crippen LogP contribution in [0.2, 0.25) is 4.34 Å². The van der Waals surface area contributed by atoms with Crippen molar-refractivity contribution in [3.8, 4) is 0 Å². The van der Waals surface area contributed by atoms with E-state index in [4.69, 9.17) is 11.6 Å². The van der Waals surface area contributed by atoms with E-state index in [0.29, 0.717) is 17.6 Å². The molecule has 1 heterocycles. The van der Waals surface area contributed by atoms with Crippen LogP contribution >= 0.6 is 22.9 Å². The van der Waals surface area contributed by atoms with Gasteiger partial charge in [-0.3, -0.25) is 4.79 Å². The third kappa shape index (κ3) is 3.32. The second-order valence-electron chi connectivity index (χ2n) is 5.35. The molecule has 1 saturated carbocycles. The highest BCUT2D eigenvalue weighted by molar-refractivity contribution is 7.16. The molecule has 0 amide bonds. The molecule has 1 fully saturated rings. The van der Waals surface area contributed by atoms with Crippen molar-refractivity contribution in [2.24, 2.45) is 17.8 Å². The fourth-order valence-corrected chi connectivity index (χ4v) is 3.82. The Hall–Kier alpha value is -0.340. The standard InChI is InChI=1S/C14H19ClOS/c1-9(2)10-3-5-13(16)11(7-10)8-12-4-6-14(15)17-12/h4,6,9-11H,3,5,7-8H2,1-2H3. The number of ketones is 1. The Kier molecular flexibility index (Phi) is 4.26. The fraction of sp³-hybridized carbons (Fsp3) is 0.643. The molecule has 2 unspecified atom stereocenters. The third-order valence-corrected chi connectivity index (χ3v) is 5.08. The van der Waals surface area contributed by atoms with Gasteiger partial charge in [-0.2, -0.15) is 0 Å². The Morgan fingerprint density at radius 1 is 1.47 bits per heavy atom. The summed E-state index contributed by atoms with van der Waals surface area (Å²) in [6, 6.07) is 3.98. The second kappa shape index (κ2) is 5.53. The van der Waals surface area contributed by atoms with E-state index in [0.717, 1.165) is 30.0 Å². The number of Topliss-reactive ketones (excluding diaryl/α,β-unsaturated/α-hetero) is 1. The normalized spacial score (nSPS) is 25.5. The highest BCUT2D eigenvalue weighted by atomic mass is 35.5. The molecular formula is C14H19ClOS. The molecule has 0 spiro atoms. The molecule has 0 radical (unpaired) electrons. The van der Waals surface area contributed by atoms with Gasteiger partial charge in [-0.1, -0.05) is 25.4 Å². The zero-order valence-electron chi connectivity index (χ0n) is 10.4. The van der Waals surface area contributed by atoms with Gasteiger partial charge < -0.3 is 0 Å². The Morgan fingerprint density at radius 3 is 2.82 bits per heavy atom. The summed E-state index contributed by atoms with van der Waals surface area (Å²) in [5.41, 5.74) is 0. The lowest BCUT2D eigenvalue weighted by Gasteiger charge is -2.30. The Labute approximate surface area is 112 Å². The van der Waals surface area contributed by atoms with E-state index in [2.05, 4.69) is 19.9 Å². The van der Waals surface area contributed by atoms with Crippen LogP contribution in [0.5, 0.6) is 0 Å². The summed E-state index contributed by atoms with van der Waals surface area (Å²) in [6.07, 6.45) is 3.80. The van der Waals surface area contributed by atoms with E-state index in [1.54, 1.807) is 11.3 Å². The molecule has 1 aromatic heterocycles. The number of rotatable bonds is 3. The highest BCUT2D eigenvalue weighted by Crippen LogP contribution is 2.34. The summed E-state index contributed by atoms with van der Waals surface area (Å²) in [7, 11) is 0. The van der Waals surface area contributed by atoms with E-state index in [1.165, 1.54) is 4.88 Å². The van der Waals surface area contributed by atoms with Crippen molar-refractivity contribution >= 4 is 28.7 Å². The van der Waals surface area contributed by atoms with Crippen molar-refractivity contribution < 1.29 is 4.79 Å². The van der Waals surface area contributed by atoms with Gasteiger partial charge in [0.25, 0.3) is 0 Å². The molecule has 2 rings (SSSR count). The number of hydrogen-bond donors (Lipinski definition) is 0. The van der Waals surface area contributed by atoms with Gasteiger partial charge in [-0.15, -0.1) is 11.3 Å². The van der Waals surface area contributed by atoms with Crippen molar-refractivity contribution in [1.29, 1.82) is 0 Å². The molecule has 1 aliphatic carbocycles. The molecule has 0 N–H and O–H groups in total. The maximum Gasteiger partial charge on any atom is 0.136 e. The van der Waals surface area contributed by atoms with Crippen LogP contribution in [0.25, 0.3) is 0 Å². The second-order valence-corrected chi connectivity index (χ2v) is 7.15. The summed E-state index contributed by atoms with van der Waals surface area (Å²) in [5.74, 6) is 2.09. The molecule has 0 bridgehead atoms. The molecule has 1 aliphatic rings. The number of halogens is 1. The maximum atomic E-state index is 11.9. The van der Waals surface area contributed by atoms with Crippen molar-refractivity contribution in [3.63, 3.8) is 0 Å². The topological polar surface area (TPSA) is 17.1 Å². The van der Waals surface area contributed by atoms with Crippen LogP contribution in [0.3, 0.4) is 0 Å². The monoisotopic (exact) mass is 270 g/mol. The highest BCUT2D eigenvalue weighted by Gasteiger charge is 2.30. The lowest BCUT2D eigenvalue weighted by Crippen LogP contribution is -2.28. The predicted molar refractivity (Wildman–Crippen MR) is 73.7 cm³/mol. The number of thiophene rings is 1. The van der Waals surface area contributed by atoms with E-state index >= 15 is 0 Å². The van der Waals surface area contributed by atoms with Gasteiger partial charge in [-0.25, -0.2) is 0 Å². The van der Waals surface area contributed by atoms with E-state index in [1.807, 2.05) is 6.07 Å². The summed E-state index contributed by atoms with van der Waals surface area (Å²) >= 11 is 7.53. The molecule has 0 aromatic carbocycles. The van der Waals surface area contributed by atoms with E-state index in [9.17, 15) is 4.79 Å². The average molecular weight is 271 g/mol. The van der Waals surface area contributed by atoms with Crippen molar-refractivity contribution in [2.45, 2.75) is 39.5 Å². The summed E-state index contributed by atoms with van der Waals surface area (Å²) in [5, 5.41) is 0. The first-order valence-electron chi connectivity index (χ1n) is 6.33. The van der Waals surface area contributed by atoms with E-state index in [-0.39, 0.29) is 5.92 Å². The van der Waals surface area contributed by atoms with Gasteiger partial charge in [0.1, 0.15) is 5.78 Å². The molecular weight excluding hydrogens is 252 g/mol. The molecule has 3 heteroatoms. The summed E-state index contributed by atoms with van der Waals surface area (Å²) in [6.45, 7) is 4.53. The smallest absolute Gasteiger partial charge is 0.136 e. The Bertz CT molecular complexity index is 397. The first-order valence-corrected chi connectivity index (χ1v) is 7.52. The minimum atomic E-state index is 0.228. The fourth-order valence-electron chi connectivity index (χ4n) is 2.65. The van der Waals surface area contributed by atoms with Crippen LogP contribution in [-0.4, -0.2) is 5.78 Å². The van der Waals surface area contributed by atoms with Crippen LogP contribution in [0.1, 0.15) is 38.0 Å². The lowest BCUT2D eigenvalue weighted by atomic mass is 9.74. The Balaban J connectivity index is 2.00. The maximum absolute atomic E-state index is 11.9. The molecule has 1 aromatic rings. The van der Waals surface area contributed by atoms with E-state index < -0.39 is 0 Å². The molecule has 0 aliphatic heterocycles. The zero-order valence-corrected chi connectivity index (χ0v) is 12.0. The SMILES string of the molecule is CC(C)C1CCC(=O)C(Cc2ccc(Cl)s2)C1. The zero-order chi connectivity index (χ0) is 12.4. The molecule has 0 saturated heterocycles. The molecule has 17 heavy (non-hydrogen) atoms. The first kappa shape index (κ1) is 13.1. The van der Waals surface area contributed by atoms with Gasteiger partial charge in [0, 0.05) is 17.2 Å². The largest absolute Gasteiger partial charge is 0.299 e. The van der Waals surface area contributed by atoms with Crippen LogP contribution in [0.15, 0.2) is 12.1 Å². The van der Waals surface area contributed by atoms with Crippen LogP contribution in [-0.2, 0) is 11.2 Å². The average Bonchev–Trinajstić information content (AvgIpc) is 2.67. The van der Waals surface area contributed by atoms with Gasteiger partial charge in [0.2, 0.25) is 0 Å². The quantitative estimate of drug-likeness (QED) is 0.785. The number of hydrogen-bond acceptors (Lipinski definition) is 2. The van der Waals surface area contributed by atoms with Crippen LogP contribution < -0.4 is 0 Å². The Morgan fingerprint density at radius 2 is 2.24 bits per heavy atom. The number of carbonyl (C=O) groups is 1. The van der Waals surface area contributed by atoms with Crippen molar-refractivity contribution in [2.75, 3.05) is 0 Å². The number of carbonyl (C=O) groups excluding carboxylic acids is 1. The summed E-state index contributed by atoms with van der Waals surface area (Å²) < 4.78 is 0.823. The van der Waals surface area contributed by atoms with Crippen LogP contribution in [0.4, 0.5) is 0 Å². The van der Waals surface area contributed by atoms with Gasteiger partial charge >= 0.3 is 0 Å². The third-order valence-electron chi connectivity index (χ3n) is 3.82. The van der Waals surface area contributed by atoms with Gasteiger partial charge in [0.15, 0.2) is 0 Å². The minimum Gasteiger partial charge on any atom is -0.299 e. The molecule has 94 valence electrons.